The largest absolute Gasteiger partial charge is 0.464 e. The number of hydrogen-bond donors (Lipinski definition) is 2. The van der Waals surface area contributed by atoms with Crippen LogP contribution in [0.15, 0.2) is 47.1 Å². The van der Waals surface area contributed by atoms with E-state index in [2.05, 4.69) is 0 Å². The van der Waals surface area contributed by atoms with Gasteiger partial charge in [0.25, 0.3) is 0 Å². The lowest BCUT2D eigenvalue weighted by molar-refractivity contribution is -0.352. The van der Waals surface area contributed by atoms with Crippen molar-refractivity contribution in [3.8, 4) is 5.75 Å². The van der Waals surface area contributed by atoms with Gasteiger partial charge in [0, 0.05) is 0 Å². The summed E-state index contributed by atoms with van der Waals surface area (Å²) in [5, 5.41) is 20.9. The smallest absolute Gasteiger partial charge is 0.229 e. The number of ether oxygens (including phenoxy) is 4. The predicted octanol–water partition coefficient (Wildman–Crippen LogP) is 1.53. The SMILES string of the molecule is Cc1ccccc1OC1OC2COC(c3ccco3)OC2C(O)C1O. The molecule has 2 N–H and O–H groups in total. The van der Waals surface area contributed by atoms with Gasteiger partial charge >= 0.3 is 0 Å². The number of benzene rings is 1. The second-order valence-electron chi connectivity index (χ2n) is 6.19. The van der Waals surface area contributed by atoms with Crippen LogP contribution in [0, 0.1) is 6.92 Å². The Balaban J connectivity index is 1.47. The van der Waals surface area contributed by atoms with Gasteiger partial charge in [-0.25, -0.2) is 0 Å². The Kier molecular flexibility index (Phi) is 4.49. The molecule has 1 aromatic carbocycles. The normalized spacial score (nSPS) is 35.2. The van der Waals surface area contributed by atoms with Crippen LogP contribution in [0.5, 0.6) is 5.75 Å². The van der Waals surface area contributed by atoms with Crippen LogP contribution in [0.25, 0.3) is 0 Å². The van der Waals surface area contributed by atoms with Crippen molar-refractivity contribution < 1.29 is 33.6 Å². The highest BCUT2D eigenvalue weighted by atomic mass is 16.8. The zero-order valence-electron chi connectivity index (χ0n) is 13.6. The third-order valence-corrected chi connectivity index (χ3v) is 4.45. The van der Waals surface area contributed by atoms with E-state index in [0.29, 0.717) is 11.5 Å². The number of aryl methyl sites for hydroxylation is 1. The van der Waals surface area contributed by atoms with E-state index in [9.17, 15) is 10.2 Å². The van der Waals surface area contributed by atoms with E-state index in [-0.39, 0.29) is 6.61 Å². The van der Waals surface area contributed by atoms with Crippen LogP contribution < -0.4 is 4.74 Å². The molecule has 25 heavy (non-hydrogen) atoms. The van der Waals surface area contributed by atoms with Gasteiger partial charge in [-0.3, -0.25) is 0 Å². The van der Waals surface area contributed by atoms with Crippen LogP contribution in [-0.2, 0) is 14.2 Å². The Bertz CT molecular complexity index is 699. The van der Waals surface area contributed by atoms with E-state index in [1.807, 2.05) is 25.1 Å². The van der Waals surface area contributed by atoms with Crippen LogP contribution in [0.4, 0.5) is 0 Å². The Morgan fingerprint density at radius 2 is 1.88 bits per heavy atom. The average Bonchev–Trinajstić information content (AvgIpc) is 3.16. The molecule has 0 amide bonds. The first-order chi connectivity index (χ1) is 12.1. The van der Waals surface area contributed by atoms with Crippen molar-refractivity contribution in [1.82, 2.24) is 0 Å². The summed E-state index contributed by atoms with van der Waals surface area (Å²) in [7, 11) is 0. The summed E-state index contributed by atoms with van der Waals surface area (Å²) in [6.07, 6.45) is -3.96. The zero-order chi connectivity index (χ0) is 17.4. The molecule has 0 saturated carbocycles. The molecule has 1 aromatic heterocycles. The van der Waals surface area contributed by atoms with Gasteiger partial charge < -0.3 is 33.6 Å². The molecule has 2 aromatic rings. The second kappa shape index (κ2) is 6.78. The minimum absolute atomic E-state index is 0.188. The lowest BCUT2D eigenvalue weighted by atomic mass is 9.98. The summed E-state index contributed by atoms with van der Waals surface area (Å²) in [5.41, 5.74) is 0.906. The van der Waals surface area contributed by atoms with Gasteiger partial charge in [0.1, 0.15) is 30.2 Å². The molecule has 0 aliphatic carbocycles. The fraction of sp³-hybridized carbons (Fsp3) is 0.444. The van der Waals surface area contributed by atoms with Crippen LogP contribution in [0.1, 0.15) is 17.6 Å². The van der Waals surface area contributed by atoms with Gasteiger partial charge in [-0.05, 0) is 30.7 Å². The average molecular weight is 348 g/mol. The molecule has 2 saturated heterocycles. The summed E-state index contributed by atoms with van der Waals surface area (Å²) in [6.45, 7) is 2.08. The van der Waals surface area contributed by atoms with Gasteiger partial charge in [-0.1, -0.05) is 18.2 Å². The van der Waals surface area contributed by atoms with Crippen molar-refractivity contribution in [2.24, 2.45) is 0 Å². The molecule has 6 atom stereocenters. The van der Waals surface area contributed by atoms with Crippen molar-refractivity contribution in [2.75, 3.05) is 6.61 Å². The maximum Gasteiger partial charge on any atom is 0.229 e. The summed E-state index contributed by atoms with van der Waals surface area (Å²) < 4.78 is 28.1. The first-order valence-corrected chi connectivity index (χ1v) is 8.18. The number of hydrogen-bond acceptors (Lipinski definition) is 7. The molecule has 2 aliphatic rings. The summed E-state index contributed by atoms with van der Waals surface area (Å²) in [5.74, 6) is 1.08. The second-order valence-corrected chi connectivity index (χ2v) is 6.19. The van der Waals surface area contributed by atoms with Gasteiger partial charge in [0.2, 0.25) is 12.6 Å². The number of rotatable bonds is 3. The molecule has 134 valence electrons. The molecule has 4 rings (SSSR count). The fourth-order valence-corrected chi connectivity index (χ4v) is 3.06. The quantitative estimate of drug-likeness (QED) is 0.869. The highest BCUT2D eigenvalue weighted by molar-refractivity contribution is 5.32. The lowest BCUT2D eigenvalue weighted by Crippen LogP contribution is -2.62. The van der Waals surface area contributed by atoms with Gasteiger partial charge in [-0.15, -0.1) is 0 Å². The number of fused-ring (bicyclic) bond motifs is 1. The topological polar surface area (TPSA) is 90.5 Å². The Morgan fingerprint density at radius 1 is 1.04 bits per heavy atom. The number of para-hydroxylation sites is 1. The Morgan fingerprint density at radius 3 is 2.64 bits per heavy atom. The van der Waals surface area contributed by atoms with Crippen LogP contribution in [0.2, 0.25) is 0 Å². The van der Waals surface area contributed by atoms with Gasteiger partial charge in [-0.2, -0.15) is 0 Å². The molecule has 7 heteroatoms. The molecule has 0 bridgehead atoms. The molecule has 7 nitrogen and oxygen atoms in total. The standard InChI is InChI=1S/C18H20O7/c1-10-5-2-3-6-11(10)23-18-15(20)14(19)16-13(24-18)9-22-17(25-16)12-7-4-8-21-12/h2-8,13-20H,9H2,1H3. The van der Waals surface area contributed by atoms with E-state index in [1.165, 1.54) is 6.26 Å². The monoisotopic (exact) mass is 348 g/mol. The van der Waals surface area contributed by atoms with Crippen molar-refractivity contribution in [3.63, 3.8) is 0 Å². The number of furan rings is 1. The van der Waals surface area contributed by atoms with E-state index in [1.54, 1.807) is 18.2 Å². The zero-order valence-corrected chi connectivity index (χ0v) is 13.6. The predicted molar refractivity (Wildman–Crippen MR) is 84.8 cm³/mol. The highest BCUT2D eigenvalue weighted by Crippen LogP contribution is 2.35. The maximum absolute atomic E-state index is 10.5. The van der Waals surface area contributed by atoms with Crippen LogP contribution >= 0.6 is 0 Å². The highest BCUT2D eigenvalue weighted by Gasteiger charge is 2.50. The van der Waals surface area contributed by atoms with Gasteiger partial charge in [0.15, 0.2) is 5.76 Å². The molecular formula is C18H20O7. The van der Waals surface area contributed by atoms with Crippen LogP contribution in [0.3, 0.4) is 0 Å². The number of aliphatic hydroxyl groups excluding tert-OH is 2. The molecule has 2 fully saturated rings. The van der Waals surface area contributed by atoms with E-state index in [4.69, 9.17) is 23.4 Å². The molecule has 0 radical (unpaired) electrons. The molecular weight excluding hydrogens is 328 g/mol. The molecule has 3 heterocycles. The molecule has 6 unspecified atom stereocenters. The fourth-order valence-electron chi connectivity index (χ4n) is 3.06. The summed E-state index contributed by atoms with van der Waals surface area (Å²) >= 11 is 0. The summed E-state index contributed by atoms with van der Waals surface area (Å²) in [6, 6.07) is 10.8. The Hall–Kier alpha value is -1.90. The van der Waals surface area contributed by atoms with E-state index in [0.717, 1.165) is 5.56 Å². The van der Waals surface area contributed by atoms with Crippen molar-refractivity contribution in [1.29, 1.82) is 0 Å². The molecule has 0 spiro atoms. The third-order valence-electron chi connectivity index (χ3n) is 4.45. The Labute approximate surface area is 144 Å². The minimum atomic E-state index is -1.25. The van der Waals surface area contributed by atoms with Crippen molar-refractivity contribution >= 4 is 0 Å². The first-order valence-electron chi connectivity index (χ1n) is 8.18. The van der Waals surface area contributed by atoms with Gasteiger partial charge in [0.05, 0.1) is 12.9 Å². The maximum atomic E-state index is 10.5. The molecule has 2 aliphatic heterocycles. The lowest BCUT2D eigenvalue weighted by Gasteiger charge is -2.45. The van der Waals surface area contributed by atoms with E-state index < -0.39 is 37.0 Å². The van der Waals surface area contributed by atoms with Crippen molar-refractivity contribution in [3.05, 3.63) is 54.0 Å². The van der Waals surface area contributed by atoms with E-state index >= 15 is 0 Å². The first kappa shape index (κ1) is 16.6. The minimum Gasteiger partial charge on any atom is -0.464 e. The third kappa shape index (κ3) is 3.17. The summed E-state index contributed by atoms with van der Waals surface area (Å²) in [4.78, 5) is 0. The number of aliphatic hydroxyl groups is 2. The van der Waals surface area contributed by atoms with Crippen molar-refractivity contribution in [2.45, 2.75) is 43.9 Å². The van der Waals surface area contributed by atoms with Crippen LogP contribution in [-0.4, -0.2) is 47.5 Å².